The molecule has 2 aromatic rings. The summed E-state index contributed by atoms with van der Waals surface area (Å²) < 4.78 is 23.9. The quantitative estimate of drug-likeness (QED) is 0.479. The lowest BCUT2D eigenvalue weighted by atomic mass is 9.96. The predicted molar refractivity (Wildman–Crippen MR) is 102 cm³/mol. The molecule has 2 aliphatic rings. The van der Waals surface area contributed by atoms with Crippen LogP contribution in [-0.2, 0) is 19.4 Å². The van der Waals surface area contributed by atoms with Crippen molar-refractivity contribution in [2.45, 2.75) is 18.5 Å². The molecule has 8 heteroatoms. The zero-order valence-corrected chi connectivity index (χ0v) is 15.7. The molecule has 0 aliphatic carbocycles. The first-order valence-corrected chi connectivity index (χ1v) is 10.7. The highest BCUT2D eigenvalue weighted by molar-refractivity contribution is 7.91. The summed E-state index contributed by atoms with van der Waals surface area (Å²) in [4.78, 5) is 31.1. The highest BCUT2D eigenvalue weighted by atomic mass is 32.2. The van der Waals surface area contributed by atoms with Crippen molar-refractivity contribution >= 4 is 27.3 Å². The summed E-state index contributed by atoms with van der Waals surface area (Å²) in [6, 6.07) is 10.4. The first-order valence-electron chi connectivity index (χ1n) is 8.85. The van der Waals surface area contributed by atoms with Crippen LogP contribution in [0.3, 0.4) is 0 Å². The Hall–Kier alpha value is -3.00. The highest BCUT2D eigenvalue weighted by Crippen LogP contribution is 2.41. The van der Waals surface area contributed by atoms with Crippen molar-refractivity contribution in [2.24, 2.45) is 0 Å². The monoisotopic (exact) mass is 398 g/mol. The van der Waals surface area contributed by atoms with Crippen LogP contribution in [0.1, 0.15) is 23.6 Å². The molecule has 3 heterocycles. The molecule has 1 aromatic carbocycles. The van der Waals surface area contributed by atoms with Crippen molar-refractivity contribution in [1.29, 1.82) is 0 Å². The van der Waals surface area contributed by atoms with Crippen LogP contribution in [0.4, 0.5) is 0 Å². The van der Waals surface area contributed by atoms with E-state index < -0.39 is 33.6 Å². The Labute approximate surface area is 162 Å². The second-order valence-electron chi connectivity index (χ2n) is 6.92. The fraction of sp³-hybridized carbons (Fsp3) is 0.250. The second kappa shape index (κ2) is 6.87. The molecule has 0 bridgehead atoms. The molecule has 2 saturated heterocycles. The number of aromatic nitrogens is 1. The molecule has 144 valence electrons. The van der Waals surface area contributed by atoms with Crippen LogP contribution in [0.25, 0.3) is 5.76 Å². The minimum Gasteiger partial charge on any atom is -0.507 e. The minimum atomic E-state index is -3.27. The maximum Gasteiger partial charge on any atom is 0.295 e. The average Bonchev–Trinajstić information content (AvgIpc) is 3.19. The topological polar surface area (TPSA) is 105 Å². The minimum absolute atomic E-state index is 0.0287. The summed E-state index contributed by atoms with van der Waals surface area (Å²) in [6.07, 6.45) is 3.34. The third-order valence-corrected chi connectivity index (χ3v) is 6.88. The molecule has 0 saturated carbocycles. The van der Waals surface area contributed by atoms with Gasteiger partial charge >= 0.3 is 0 Å². The van der Waals surface area contributed by atoms with Gasteiger partial charge < -0.3 is 10.0 Å². The van der Waals surface area contributed by atoms with E-state index in [0.29, 0.717) is 11.1 Å². The van der Waals surface area contributed by atoms with Gasteiger partial charge in [-0.25, -0.2) is 8.42 Å². The number of benzene rings is 1. The number of Topliss-reactive ketones (excluding diaryl/α,β-unsaturated/α-hetero) is 1. The van der Waals surface area contributed by atoms with Gasteiger partial charge in [-0.3, -0.25) is 14.6 Å². The van der Waals surface area contributed by atoms with E-state index >= 15 is 0 Å². The van der Waals surface area contributed by atoms with Crippen molar-refractivity contribution in [3.8, 4) is 0 Å². The van der Waals surface area contributed by atoms with Crippen LogP contribution in [0.15, 0.2) is 60.4 Å². The van der Waals surface area contributed by atoms with Gasteiger partial charge in [0.25, 0.3) is 11.7 Å². The van der Waals surface area contributed by atoms with E-state index in [4.69, 9.17) is 0 Å². The maximum absolute atomic E-state index is 12.9. The van der Waals surface area contributed by atoms with E-state index in [9.17, 15) is 23.1 Å². The SMILES string of the molecule is O=C1C(=O)N([C@H]2CCS(=O)(=O)C2)[C@@H](c2cccnc2)/C1=C(\O)c1ccccc1. The van der Waals surface area contributed by atoms with Gasteiger partial charge in [0, 0.05) is 24.0 Å². The third-order valence-electron chi connectivity index (χ3n) is 5.13. The van der Waals surface area contributed by atoms with E-state index in [1.54, 1.807) is 48.7 Å². The van der Waals surface area contributed by atoms with E-state index in [2.05, 4.69) is 4.98 Å². The molecule has 1 N–H and O–H groups in total. The number of rotatable bonds is 3. The molecule has 0 spiro atoms. The van der Waals surface area contributed by atoms with Crippen molar-refractivity contribution < 1.29 is 23.1 Å². The Bertz CT molecular complexity index is 1060. The lowest BCUT2D eigenvalue weighted by Crippen LogP contribution is -2.40. The number of aliphatic hydroxyl groups excluding tert-OH is 1. The van der Waals surface area contributed by atoms with Gasteiger partial charge in [-0.1, -0.05) is 36.4 Å². The predicted octanol–water partition coefficient (Wildman–Crippen LogP) is 1.69. The van der Waals surface area contributed by atoms with Gasteiger partial charge in [-0.05, 0) is 18.1 Å². The first-order chi connectivity index (χ1) is 13.4. The molecule has 1 aromatic heterocycles. The van der Waals surface area contributed by atoms with Gasteiger partial charge in [0.05, 0.1) is 23.1 Å². The third kappa shape index (κ3) is 3.09. The number of ketones is 1. The lowest BCUT2D eigenvalue weighted by molar-refractivity contribution is -0.141. The van der Waals surface area contributed by atoms with Gasteiger partial charge in [-0.15, -0.1) is 0 Å². The Balaban J connectivity index is 1.88. The largest absolute Gasteiger partial charge is 0.507 e. The smallest absolute Gasteiger partial charge is 0.295 e. The molecule has 7 nitrogen and oxygen atoms in total. The van der Waals surface area contributed by atoms with E-state index in [0.717, 1.165) is 0 Å². The molecule has 2 aliphatic heterocycles. The average molecular weight is 398 g/mol. The van der Waals surface area contributed by atoms with Crippen molar-refractivity contribution in [3.05, 3.63) is 71.6 Å². The maximum atomic E-state index is 12.9. The summed E-state index contributed by atoms with van der Waals surface area (Å²) in [6.45, 7) is 0. The summed E-state index contributed by atoms with van der Waals surface area (Å²) in [5, 5.41) is 10.8. The van der Waals surface area contributed by atoms with Crippen LogP contribution in [0, 0.1) is 0 Å². The normalized spacial score (nSPS) is 25.9. The number of carbonyl (C=O) groups is 2. The fourth-order valence-corrected chi connectivity index (χ4v) is 5.55. The molecule has 2 atom stereocenters. The van der Waals surface area contributed by atoms with Gasteiger partial charge in [0.15, 0.2) is 9.84 Å². The van der Waals surface area contributed by atoms with Crippen molar-refractivity contribution in [3.63, 3.8) is 0 Å². The fourth-order valence-electron chi connectivity index (χ4n) is 3.84. The van der Waals surface area contributed by atoms with Gasteiger partial charge in [0.2, 0.25) is 0 Å². The number of pyridine rings is 1. The van der Waals surface area contributed by atoms with Crippen LogP contribution in [-0.4, -0.2) is 52.6 Å². The second-order valence-corrected chi connectivity index (χ2v) is 9.14. The summed E-state index contributed by atoms with van der Waals surface area (Å²) in [5.41, 5.74) is 0.908. The molecule has 0 radical (unpaired) electrons. The highest BCUT2D eigenvalue weighted by Gasteiger charge is 2.50. The van der Waals surface area contributed by atoms with Crippen molar-refractivity contribution in [2.75, 3.05) is 11.5 Å². The molecule has 28 heavy (non-hydrogen) atoms. The first kappa shape index (κ1) is 18.4. The number of hydrogen-bond acceptors (Lipinski definition) is 6. The van der Waals surface area contributed by atoms with Crippen LogP contribution >= 0.6 is 0 Å². The Morgan fingerprint density at radius 1 is 1.11 bits per heavy atom. The molecule has 2 fully saturated rings. The Morgan fingerprint density at radius 2 is 1.86 bits per heavy atom. The number of nitrogens with zero attached hydrogens (tertiary/aromatic N) is 2. The Kier molecular flexibility index (Phi) is 4.50. The summed E-state index contributed by atoms with van der Waals surface area (Å²) >= 11 is 0. The Morgan fingerprint density at radius 3 is 2.46 bits per heavy atom. The lowest BCUT2D eigenvalue weighted by Gasteiger charge is -2.29. The van der Waals surface area contributed by atoms with Crippen LogP contribution in [0.5, 0.6) is 0 Å². The molecular weight excluding hydrogens is 380 g/mol. The zero-order valence-electron chi connectivity index (χ0n) is 14.9. The van der Waals surface area contributed by atoms with Crippen molar-refractivity contribution in [1.82, 2.24) is 9.88 Å². The number of hydrogen-bond donors (Lipinski definition) is 1. The van der Waals surface area contributed by atoms with Gasteiger partial charge in [0.1, 0.15) is 5.76 Å². The standard InChI is InChI=1S/C20H18N2O5S/c23-18(13-5-2-1-3-6-13)16-17(14-7-4-9-21-11-14)22(20(25)19(16)24)15-8-10-28(26,27)12-15/h1-7,9,11,15,17,23H,8,10,12H2/b18-16+/t15-,17-/m0/s1. The van der Waals surface area contributed by atoms with E-state index in [1.165, 1.54) is 11.1 Å². The molecule has 1 amide bonds. The number of sulfone groups is 1. The van der Waals surface area contributed by atoms with E-state index in [-0.39, 0.29) is 29.3 Å². The molecule has 0 unspecified atom stereocenters. The number of likely N-dealkylation sites (tertiary alicyclic amines) is 1. The number of carbonyl (C=O) groups excluding carboxylic acids is 2. The summed E-state index contributed by atoms with van der Waals surface area (Å²) in [5.74, 6) is -2.12. The number of amides is 1. The number of aliphatic hydroxyl groups is 1. The molecule has 4 rings (SSSR count). The van der Waals surface area contributed by atoms with Gasteiger partial charge in [-0.2, -0.15) is 0 Å². The van der Waals surface area contributed by atoms with E-state index in [1.807, 2.05) is 0 Å². The van der Waals surface area contributed by atoms with Crippen LogP contribution < -0.4 is 0 Å². The summed E-state index contributed by atoms with van der Waals surface area (Å²) in [7, 11) is -3.27. The van der Waals surface area contributed by atoms with Crippen LogP contribution in [0.2, 0.25) is 0 Å². The molecular formula is C20H18N2O5S. The zero-order chi connectivity index (χ0) is 19.9.